The zero-order chi connectivity index (χ0) is 18.7. The molecular weight excluding hydrogens is 399 g/mol. The lowest BCUT2D eigenvalue weighted by atomic mass is 10.1. The van der Waals surface area contributed by atoms with Crippen molar-refractivity contribution in [2.75, 3.05) is 26.2 Å². The van der Waals surface area contributed by atoms with Crippen LogP contribution in [0.1, 0.15) is 28.9 Å². The first-order chi connectivity index (χ1) is 12.4. The van der Waals surface area contributed by atoms with E-state index in [-0.39, 0.29) is 36.1 Å². The fourth-order valence-electron chi connectivity index (χ4n) is 2.91. The number of carbonyl (C=O) groups excluding carboxylic acids is 1. The Kier molecular flexibility index (Phi) is 6.93. The fourth-order valence-corrected chi connectivity index (χ4v) is 4.59. The number of hydrogen-bond acceptors (Lipinski definition) is 6. The van der Waals surface area contributed by atoms with Gasteiger partial charge >= 0.3 is 5.97 Å². The van der Waals surface area contributed by atoms with Crippen LogP contribution in [0.25, 0.3) is 0 Å². The van der Waals surface area contributed by atoms with E-state index in [2.05, 4.69) is 15.5 Å². The Hall–Kier alpha value is -2.01. The highest BCUT2D eigenvalue weighted by atomic mass is 35.5. The number of benzene rings is 1. The molecule has 11 heteroatoms. The first kappa shape index (κ1) is 21.3. The number of ether oxygens (including phenoxy) is 1. The molecule has 1 fully saturated rings. The summed E-state index contributed by atoms with van der Waals surface area (Å²) in [6.07, 6.45) is 1.13. The van der Waals surface area contributed by atoms with Crippen molar-refractivity contribution in [3.63, 3.8) is 0 Å². The lowest BCUT2D eigenvalue weighted by Gasteiger charge is -2.35. The molecule has 1 aliphatic heterocycles. The minimum Gasteiger partial charge on any atom is -0.462 e. The molecule has 1 aliphatic rings. The number of nitrogens with one attached hydrogen (secondary N) is 2. The molecule has 2 heterocycles. The molecule has 1 saturated heterocycles. The predicted octanol–water partition coefficient (Wildman–Crippen LogP) is 1.48. The number of hydrogen-bond donors (Lipinski definition) is 2. The molecule has 1 atom stereocenters. The average Bonchev–Trinajstić information content (AvgIpc) is 3.13. The van der Waals surface area contributed by atoms with Gasteiger partial charge in [-0.3, -0.25) is 5.10 Å². The summed E-state index contributed by atoms with van der Waals surface area (Å²) in [5.41, 5.74) is 0.376. The molecule has 0 radical (unpaired) electrons. The van der Waals surface area contributed by atoms with Gasteiger partial charge in [0.1, 0.15) is 11.4 Å². The monoisotopic (exact) mass is 418 g/mol. The minimum atomic E-state index is -4.07. The Morgan fingerprint density at radius 2 is 2.22 bits per heavy atom. The van der Waals surface area contributed by atoms with Crippen LogP contribution in [-0.2, 0) is 14.8 Å². The summed E-state index contributed by atoms with van der Waals surface area (Å²) in [5, 5.41) is 8.87. The van der Waals surface area contributed by atoms with Crippen molar-refractivity contribution in [1.29, 1.82) is 0 Å². The molecule has 148 valence electrons. The molecule has 1 aromatic heterocycles. The number of rotatable bonds is 5. The second kappa shape index (κ2) is 8.79. The average molecular weight is 419 g/mol. The second-order valence-corrected chi connectivity index (χ2v) is 7.55. The molecule has 0 bridgehead atoms. The molecule has 1 unspecified atom stereocenters. The number of halogens is 2. The Morgan fingerprint density at radius 1 is 1.44 bits per heavy atom. The molecule has 1 aromatic carbocycles. The maximum absolute atomic E-state index is 13.6. The van der Waals surface area contributed by atoms with E-state index in [0.717, 1.165) is 6.20 Å². The number of nitrogens with zero attached hydrogens (tertiary/aromatic N) is 2. The first-order valence-corrected chi connectivity index (χ1v) is 9.57. The number of carbonyl (C=O) groups is 1. The van der Waals surface area contributed by atoms with Crippen molar-refractivity contribution < 1.29 is 22.3 Å². The zero-order valence-electron chi connectivity index (χ0n) is 14.5. The van der Waals surface area contributed by atoms with Gasteiger partial charge in [0.15, 0.2) is 5.03 Å². The van der Waals surface area contributed by atoms with Gasteiger partial charge in [-0.15, -0.1) is 12.4 Å². The van der Waals surface area contributed by atoms with E-state index in [4.69, 9.17) is 4.74 Å². The van der Waals surface area contributed by atoms with Gasteiger partial charge in [0.25, 0.3) is 10.0 Å². The van der Waals surface area contributed by atoms with E-state index >= 15 is 0 Å². The molecular formula is C16H20ClFN4O4S. The minimum absolute atomic E-state index is 0. The quantitative estimate of drug-likeness (QED) is 0.713. The molecule has 2 N–H and O–H groups in total. The van der Waals surface area contributed by atoms with Gasteiger partial charge in [-0.25, -0.2) is 17.6 Å². The third kappa shape index (κ3) is 4.29. The van der Waals surface area contributed by atoms with Crippen LogP contribution in [0, 0.1) is 5.82 Å². The largest absolute Gasteiger partial charge is 0.462 e. The highest BCUT2D eigenvalue weighted by Crippen LogP contribution is 2.30. The maximum Gasteiger partial charge on any atom is 0.342 e. The number of sulfonamides is 1. The normalized spacial score (nSPS) is 17.9. The van der Waals surface area contributed by atoms with Crippen LogP contribution in [0.4, 0.5) is 4.39 Å². The zero-order valence-corrected chi connectivity index (χ0v) is 16.1. The van der Waals surface area contributed by atoms with Crippen LogP contribution >= 0.6 is 12.4 Å². The SMILES string of the molecule is CCOC(=O)c1cn[nH]c1S(=O)(=O)N1CCNCC1c1cccc(F)c1.Cl. The summed E-state index contributed by atoms with van der Waals surface area (Å²) in [5.74, 6) is -1.21. The predicted molar refractivity (Wildman–Crippen MR) is 97.7 cm³/mol. The second-order valence-electron chi connectivity index (χ2n) is 5.72. The summed E-state index contributed by atoms with van der Waals surface area (Å²) in [7, 11) is -4.07. The Labute approximate surface area is 162 Å². The molecule has 0 spiro atoms. The van der Waals surface area contributed by atoms with Crippen LogP contribution in [0.5, 0.6) is 0 Å². The highest BCUT2D eigenvalue weighted by molar-refractivity contribution is 7.89. The van der Waals surface area contributed by atoms with Crippen LogP contribution < -0.4 is 5.32 Å². The summed E-state index contributed by atoms with van der Waals surface area (Å²) in [6.45, 7) is 2.68. The topological polar surface area (TPSA) is 104 Å². The van der Waals surface area contributed by atoms with E-state index < -0.39 is 27.9 Å². The van der Waals surface area contributed by atoms with E-state index in [9.17, 15) is 17.6 Å². The van der Waals surface area contributed by atoms with Crippen molar-refractivity contribution in [3.8, 4) is 0 Å². The van der Waals surface area contributed by atoms with Gasteiger partial charge in [0.2, 0.25) is 0 Å². The standard InChI is InChI=1S/C16H19FN4O4S.ClH/c1-2-25-16(22)13-9-19-20-15(13)26(23,24)21-7-6-18-10-14(21)11-4-3-5-12(17)8-11;/h3-5,8-9,14,18H,2,6-7,10H2,1H3,(H,19,20);1H. The van der Waals surface area contributed by atoms with Crippen LogP contribution in [0.15, 0.2) is 35.5 Å². The molecule has 8 nitrogen and oxygen atoms in total. The van der Waals surface area contributed by atoms with Crippen molar-refractivity contribution in [2.24, 2.45) is 0 Å². The van der Waals surface area contributed by atoms with Gasteiger partial charge in [0, 0.05) is 19.6 Å². The Bertz CT molecular complexity index is 905. The Morgan fingerprint density at radius 3 is 2.93 bits per heavy atom. The summed E-state index contributed by atoms with van der Waals surface area (Å²) >= 11 is 0. The molecule has 27 heavy (non-hydrogen) atoms. The molecule has 3 rings (SSSR count). The summed E-state index contributed by atoms with van der Waals surface area (Å²) in [6, 6.07) is 5.20. The van der Waals surface area contributed by atoms with Gasteiger partial charge in [-0.1, -0.05) is 12.1 Å². The van der Waals surface area contributed by atoms with Gasteiger partial charge < -0.3 is 10.1 Å². The number of aromatic nitrogens is 2. The van der Waals surface area contributed by atoms with Crippen molar-refractivity contribution in [2.45, 2.75) is 18.0 Å². The molecule has 0 aliphatic carbocycles. The fraction of sp³-hybridized carbons (Fsp3) is 0.375. The van der Waals surface area contributed by atoms with E-state index in [0.29, 0.717) is 18.7 Å². The number of H-pyrrole nitrogens is 1. The van der Waals surface area contributed by atoms with Crippen molar-refractivity contribution in [1.82, 2.24) is 19.8 Å². The van der Waals surface area contributed by atoms with E-state index in [1.165, 1.54) is 22.5 Å². The van der Waals surface area contributed by atoms with E-state index in [1.54, 1.807) is 13.0 Å². The number of piperazine rings is 1. The lowest BCUT2D eigenvalue weighted by molar-refractivity contribution is 0.0521. The van der Waals surface area contributed by atoms with E-state index in [1.807, 2.05) is 0 Å². The smallest absolute Gasteiger partial charge is 0.342 e. The van der Waals surface area contributed by atoms with Gasteiger partial charge in [-0.2, -0.15) is 9.40 Å². The summed E-state index contributed by atoms with van der Waals surface area (Å²) < 4.78 is 46.1. The lowest BCUT2D eigenvalue weighted by Crippen LogP contribution is -2.48. The molecule has 0 saturated carbocycles. The highest BCUT2D eigenvalue weighted by Gasteiger charge is 2.38. The first-order valence-electron chi connectivity index (χ1n) is 8.13. The third-order valence-electron chi connectivity index (χ3n) is 4.09. The Balaban J connectivity index is 0.00000261. The van der Waals surface area contributed by atoms with Crippen LogP contribution in [-0.4, -0.2) is 55.1 Å². The summed E-state index contributed by atoms with van der Waals surface area (Å²) in [4.78, 5) is 12.0. The molecule has 2 aromatic rings. The number of aromatic amines is 1. The van der Waals surface area contributed by atoms with Gasteiger partial charge in [-0.05, 0) is 24.6 Å². The third-order valence-corrected chi connectivity index (χ3v) is 5.98. The van der Waals surface area contributed by atoms with Gasteiger partial charge in [0.05, 0.1) is 18.8 Å². The number of esters is 1. The van der Waals surface area contributed by atoms with Crippen molar-refractivity contribution in [3.05, 3.63) is 47.4 Å². The maximum atomic E-state index is 13.6. The van der Waals surface area contributed by atoms with Crippen molar-refractivity contribution >= 4 is 28.4 Å². The van der Waals surface area contributed by atoms with Crippen LogP contribution in [0.2, 0.25) is 0 Å². The van der Waals surface area contributed by atoms with Crippen LogP contribution in [0.3, 0.4) is 0 Å². The molecule has 0 amide bonds.